The molecular formula is C18H24N2O3. The summed E-state index contributed by atoms with van der Waals surface area (Å²) in [5, 5.41) is 6.34. The summed E-state index contributed by atoms with van der Waals surface area (Å²) >= 11 is 0. The van der Waals surface area contributed by atoms with E-state index in [1.165, 1.54) is 19.3 Å². The number of amides is 1. The van der Waals surface area contributed by atoms with E-state index in [9.17, 15) is 9.59 Å². The minimum atomic E-state index is -0.520. The number of benzene rings is 1. The van der Waals surface area contributed by atoms with Gasteiger partial charge in [-0.1, -0.05) is 49.6 Å². The molecule has 1 aromatic carbocycles. The lowest BCUT2D eigenvalue weighted by molar-refractivity contribution is -0.140. The van der Waals surface area contributed by atoms with Crippen LogP contribution in [0.1, 0.15) is 50.1 Å². The monoisotopic (exact) mass is 316 g/mol. The van der Waals surface area contributed by atoms with Crippen molar-refractivity contribution in [3.05, 3.63) is 35.9 Å². The second kappa shape index (κ2) is 7.59. The second-order valence-electron chi connectivity index (χ2n) is 6.36. The molecule has 1 saturated carbocycles. The highest BCUT2D eigenvalue weighted by molar-refractivity contribution is 5.85. The van der Waals surface area contributed by atoms with Gasteiger partial charge in [0.15, 0.2) is 0 Å². The van der Waals surface area contributed by atoms with Crippen LogP contribution in [0.25, 0.3) is 0 Å². The molecule has 0 unspecified atom stereocenters. The molecule has 0 radical (unpaired) electrons. The van der Waals surface area contributed by atoms with Crippen LogP contribution in [0.3, 0.4) is 0 Å². The van der Waals surface area contributed by atoms with Crippen molar-refractivity contribution in [2.24, 2.45) is 0 Å². The standard InChI is InChI=1S/C18H24N2O3/c21-17(19-14-9-5-2-6-10-14)16(13-7-3-1-4-8-13)20-15-11-12-23-18(15)22/h1,3-4,7-8,14-16,20H,2,5-6,9-12H2,(H,19,21)/t15-,16-/m0/s1. The first kappa shape index (κ1) is 16.0. The number of hydrogen-bond donors (Lipinski definition) is 2. The van der Waals surface area contributed by atoms with Crippen molar-refractivity contribution in [3.63, 3.8) is 0 Å². The molecule has 5 nitrogen and oxygen atoms in total. The lowest BCUT2D eigenvalue weighted by Crippen LogP contribution is -2.47. The molecule has 3 rings (SSSR count). The number of carbonyl (C=O) groups excluding carboxylic acids is 2. The first-order valence-electron chi connectivity index (χ1n) is 8.52. The smallest absolute Gasteiger partial charge is 0.323 e. The van der Waals surface area contributed by atoms with Crippen LogP contribution in [-0.2, 0) is 14.3 Å². The Labute approximate surface area is 136 Å². The Morgan fingerprint density at radius 1 is 1.09 bits per heavy atom. The van der Waals surface area contributed by atoms with Crippen molar-refractivity contribution in [1.82, 2.24) is 10.6 Å². The maximum atomic E-state index is 12.8. The first-order chi connectivity index (χ1) is 11.2. The third kappa shape index (κ3) is 4.10. The zero-order valence-electron chi connectivity index (χ0n) is 13.3. The Morgan fingerprint density at radius 2 is 1.83 bits per heavy atom. The number of nitrogens with one attached hydrogen (secondary N) is 2. The van der Waals surface area contributed by atoms with Gasteiger partial charge in [0.1, 0.15) is 12.1 Å². The number of rotatable bonds is 5. The van der Waals surface area contributed by atoms with Gasteiger partial charge < -0.3 is 10.1 Å². The van der Waals surface area contributed by atoms with Crippen LogP contribution in [0, 0.1) is 0 Å². The summed E-state index contributed by atoms with van der Waals surface area (Å²) in [6.07, 6.45) is 6.28. The molecule has 1 amide bonds. The normalized spacial score (nSPS) is 23.3. The third-order valence-corrected chi connectivity index (χ3v) is 4.65. The Morgan fingerprint density at radius 3 is 2.48 bits per heavy atom. The van der Waals surface area contributed by atoms with E-state index in [4.69, 9.17) is 4.74 Å². The quantitative estimate of drug-likeness (QED) is 0.816. The van der Waals surface area contributed by atoms with E-state index in [0.717, 1.165) is 18.4 Å². The highest BCUT2D eigenvalue weighted by Crippen LogP contribution is 2.21. The van der Waals surface area contributed by atoms with E-state index in [1.807, 2.05) is 30.3 Å². The van der Waals surface area contributed by atoms with E-state index in [1.54, 1.807) is 0 Å². The molecule has 2 aliphatic rings. The highest BCUT2D eigenvalue weighted by atomic mass is 16.5. The van der Waals surface area contributed by atoms with Crippen molar-refractivity contribution in [3.8, 4) is 0 Å². The largest absolute Gasteiger partial charge is 0.464 e. The molecule has 2 atom stereocenters. The molecule has 0 spiro atoms. The molecule has 5 heteroatoms. The SMILES string of the molecule is O=C1OCC[C@@H]1N[C@H](C(=O)NC1CCCCC1)c1ccccc1. The molecule has 0 aromatic heterocycles. The molecule has 1 heterocycles. The zero-order valence-corrected chi connectivity index (χ0v) is 13.3. The van der Waals surface area contributed by atoms with Crippen LogP contribution in [0.15, 0.2) is 30.3 Å². The van der Waals surface area contributed by atoms with Crippen LogP contribution in [0.2, 0.25) is 0 Å². The van der Waals surface area contributed by atoms with Gasteiger partial charge in [0.2, 0.25) is 5.91 Å². The van der Waals surface area contributed by atoms with E-state index in [2.05, 4.69) is 10.6 Å². The van der Waals surface area contributed by atoms with Crippen molar-refractivity contribution in [2.75, 3.05) is 6.61 Å². The van der Waals surface area contributed by atoms with Gasteiger partial charge >= 0.3 is 5.97 Å². The van der Waals surface area contributed by atoms with Gasteiger partial charge in [-0.15, -0.1) is 0 Å². The number of hydrogen-bond acceptors (Lipinski definition) is 4. The van der Waals surface area contributed by atoms with Gasteiger partial charge in [-0.05, 0) is 18.4 Å². The molecule has 2 N–H and O–H groups in total. The predicted molar refractivity (Wildman–Crippen MR) is 86.7 cm³/mol. The van der Waals surface area contributed by atoms with E-state index in [0.29, 0.717) is 13.0 Å². The Bertz CT molecular complexity index is 540. The summed E-state index contributed by atoms with van der Waals surface area (Å²) < 4.78 is 5.00. The van der Waals surface area contributed by atoms with Crippen LogP contribution < -0.4 is 10.6 Å². The van der Waals surface area contributed by atoms with Gasteiger partial charge in [0.25, 0.3) is 0 Å². The topological polar surface area (TPSA) is 67.4 Å². The van der Waals surface area contributed by atoms with E-state index < -0.39 is 12.1 Å². The summed E-state index contributed by atoms with van der Waals surface area (Å²) in [7, 11) is 0. The molecule has 1 aliphatic carbocycles. The minimum Gasteiger partial charge on any atom is -0.464 e. The van der Waals surface area contributed by atoms with Crippen LogP contribution in [0.4, 0.5) is 0 Å². The van der Waals surface area contributed by atoms with Crippen LogP contribution in [0.5, 0.6) is 0 Å². The maximum Gasteiger partial charge on any atom is 0.323 e. The summed E-state index contributed by atoms with van der Waals surface area (Å²) in [4.78, 5) is 24.5. The number of esters is 1. The van der Waals surface area contributed by atoms with Crippen LogP contribution in [-0.4, -0.2) is 30.6 Å². The lowest BCUT2D eigenvalue weighted by atomic mass is 9.95. The molecule has 2 fully saturated rings. The predicted octanol–water partition coefficient (Wildman–Crippen LogP) is 2.08. The summed E-state index contributed by atoms with van der Waals surface area (Å²) in [6, 6.07) is 8.89. The van der Waals surface area contributed by atoms with Gasteiger partial charge in [0.05, 0.1) is 6.61 Å². The Hall–Kier alpha value is -1.88. The number of cyclic esters (lactones) is 1. The van der Waals surface area contributed by atoms with Crippen molar-refractivity contribution in [2.45, 2.75) is 56.7 Å². The average molecular weight is 316 g/mol. The Balaban J connectivity index is 1.71. The first-order valence-corrected chi connectivity index (χ1v) is 8.52. The number of carbonyl (C=O) groups is 2. The van der Waals surface area contributed by atoms with Crippen molar-refractivity contribution < 1.29 is 14.3 Å². The van der Waals surface area contributed by atoms with Gasteiger partial charge in [-0.3, -0.25) is 14.9 Å². The third-order valence-electron chi connectivity index (χ3n) is 4.65. The molecule has 23 heavy (non-hydrogen) atoms. The number of ether oxygens (including phenoxy) is 1. The fourth-order valence-corrected chi connectivity index (χ4v) is 3.35. The summed E-state index contributed by atoms with van der Waals surface area (Å²) in [6.45, 7) is 0.419. The lowest BCUT2D eigenvalue weighted by Gasteiger charge is -2.27. The fraction of sp³-hybridized carbons (Fsp3) is 0.556. The van der Waals surface area contributed by atoms with Crippen molar-refractivity contribution in [1.29, 1.82) is 0 Å². The highest BCUT2D eigenvalue weighted by Gasteiger charge is 2.32. The van der Waals surface area contributed by atoms with Gasteiger partial charge in [0, 0.05) is 12.5 Å². The fourth-order valence-electron chi connectivity index (χ4n) is 3.35. The zero-order chi connectivity index (χ0) is 16.1. The minimum absolute atomic E-state index is 0.0530. The summed E-state index contributed by atoms with van der Waals surface area (Å²) in [5.41, 5.74) is 0.875. The molecule has 1 saturated heterocycles. The van der Waals surface area contributed by atoms with Crippen LogP contribution >= 0.6 is 0 Å². The van der Waals surface area contributed by atoms with E-state index >= 15 is 0 Å². The second-order valence-corrected chi connectivity index (χ2v) is 6.36. The molecule has 0 bridgehead atoms. The maximum absolute atomic E-state index is 12.8. The van der Waals surface area contributed by atoms with Gasteiger partial charge in [-0.2, -0.15) is 0 Å². The van der Waals surface area contributed by atoms with E-state index in [-0.39, 0.29) is 17.9 Å². The van der Waals surface area contributed by atoms with Gasteiger partial charge in [-0.25, -0.2) is 0 Å². The average Bonchev–Trinajstić information content (AvgIpc) is 2.99. The molecule has 1 aromatic rings. The van der Waals surface area contributed by atoms with Crippen molar-refractivity contribution >= 4 is 11.9 Å². The molecule has 1 aliphatic heterocycles. The molecule has 124 valence electrons. The molecular weight excluding hydrogens is 292 g/mol. The summed E-state index contributed by atoms with van der Waals surface area (Å²) in [5.74, 6) is -0.320. The Kier molecular flexibility index (Phi) is 5.28.